The van der Waals surface area contributed by atoms with E-state index in [-0.39, 0.29) is 17.7 Å². The fraction of sp³-hybridized carbons (Fsp3) is 0.364. The van der Waals surface area contributed by atoms with Gasteiger partial charge in [-0.15, -0.1) is 0 Å². The number of halogens is 3. The summed E-state index contributed by atoms with van der Waals surface area (Å²) in [6.07, 6.45) is -4.21. The van der Waals surface area contributed by atoms with Crippen molar-refractivity contribution < 1.29 is 26.4 Å². The van der Waals surface area contributed by atoms with Gasteiger partial charge in [0.25, 0.3) is 0 Å². The van der Waals surface area contributed by atoms with E-state index >= 15 is 0 Å². The molecular weight excluding hydrogens is 269 g/mol. The van der Waals surface area contributed by atoms with Crippen LogP contribution in [0.2, 0.25) is 0 Å². The average molecular weight is 278 g/mol. The smallest absolute Gasteiger partial charge is 0.303 e. The van der Waals surface area contributed by atoms with Gasteiger partial charge in [0.2, 0.25) is 0 Å². The van der Waals surface area contributed by atoms with Gasteiger partial charge in [0.05, 0.1) is 15.7 Å². The minimum atomic E-state index is -4.58. The molecule has 0 aromatic heterocycles. The van der Waals surface area contributed by atoms with Gasteiger partial charge in [-0.3, -0.25) is 0 Å². The van der Waals surface area contributed by atoms with Gasteiger partial charge in [-0.2, -0.15) is 13.2 Å². The van der Waals surface area contributed by atoms with Crippen molar-refractivity contribution in [2.45, 2.75) is 29.2 Å². The molecule has 2 rings (SSSR count). The summed E-state index contributed by atoms with van der Waals surface area (Å²) in [5.41, 5.74) is -0.647. The van der Waals surface area contributed by atoms with E-state index in [0.29, 0.717) is 17.9 Å². The summed E-state index contributed by atoms with van der Waals surface area (Å²) in [6.45, 7) is 0. The normalized spacial score (nSPS) is 21.6. The number of hydrogen-bond acceptors (Lipinski definition) is 3. The first-order valence-electron chi connectivity index (χ1n) is 5.14. The van der Waals surface area contributed by atoms with Crippen LogP contribution >= 0.6 is 0 Å². The Kier molecular flexibility index (Phi) is 2.96. The number of sulfone groups is 1. The van der Waals surface area contributed by atoms with E-state index < -0.39 is 26.8 Å². The van der Waals surface area contributed by atoms with Crippen LogP contribution in [0.5, 0.6) is 0 Å². The molecule has 1 aromatic carbocycles. The lowest BCUT2D eigenvalue weighted by Crippen LogP contribution is -2.17. The Morgan fingerprint density at radius 1 is 1.33 bits per heavy atom. The van der Waals surface area contributed by atoms with E-state index in [1.807, 2.05) is 0 Å². The third kappa shape index (κ3) is 2.03. The molecule has 0 amide bonds. The number of carbonyl (C=O) groups excluding carboxylic acids is 1. The standard InChI is InChI=1S/C11H9F3O3S/c12-11(13,14)8-2-1-7-5-9(3-4-15)18(16,17)10(7)6-8/h1-2,4,6,9H,3,5H2. The van der Waals surface area contributed by atoms with Crippen molar-refractivity contribution in [1.29, 1.82) is 0 Å². The summed E-state index contributed by atoms with van der Waals surface area (Å²) >= 11 is 0. The molecule has 0 bridgehead atoms. The zero-order valence-electron chi connectivity index (χ0n) is 9.07. The highest BCUT2D eigenvalue weighted by atomic mass is 32.2. The molecule has 98 valence electrons. The van der Waals surface area contributed by atoms with Crippen LogP contribution in [0.1, 0.15) is 17.5 Å². The number of hydrogen-bond donors (Lipinski definition) is 0. The second-order valence-corrected chi connectivity index (χ2v) is 6.29. The maximum Gasteiger partial charge on any atom is 0.416 e. The Hall–Kier alpha value is -1.37. The SMILES string of the molecule is O=CCC1Cc2ccc(C(F)(F)F)cc2S1(=O)=O. The van der Waals surface area contributed by atoms with E-state index in [0.717, 1.165) is 6.07 Å². The molecule has 0 fully saturated rings. The van der Waals surface area contributed by atoms with Crippen LogP contribution in [-0.2, 0) is 27.2 Å². The van der Waals surface area contributed by atoms with E-state index in [1.54, 1.807) is 0 Å². The second kappa shape index (κ2) is 4.08. The van der Waals surface area contributed by atoms with Crippen LogP contribution in [0.15, 0.2) is 23.1 Å². The first kappa shape index (κ1) is 13.1. The predicted octanol–water partition coefficient (Wildman–Crippen LogP) is 1.99. The van der Waals surface area contributed by atoms with Crippen molar-refractivity contribution in [3.63, 3.8) is 0 Å². The van der Waals surface area contributed by atoms with E-state index in [4.69, 9.17) is 0 Å². The van der Waals surface area contributed by atoms with Crippen molar-refractivity contribution in [3.8, 4) is 0 Å². The Balaban J connectivity index is 2.52. The quantitative estimate of drug-likeness (QED) is 0.777. The van der Waals surface area contributed by atoms with E-state index in [2.05, 4.69) is 0 Å². The fourth-order valence-corrected chi connectivity index (χ4v) is 3.91. The van der Waals surface area contributed by atoms with E-state index in [9.17, 15) is 26.4 Å². The molecule has 0 aliphatic carbocycles. The maximum absolute atomic E-state index is 12.5. The number of benzene rings is 1. The minimum Gasteiger partial charge on any atom is -0.303 e. The number of fused-ring (bicyclic) bond motifs is 1. The lowest BCUT2D eigenvalue weighted by Gasteiger charge is -2.08. The maximum atomic E-state index is 12.5. The lowest BCUT2D eigenvalue weighted by atomic mass is 10.1. The average Bonchev–Trinajstić information content (AvgIpc) is 2.50. The van der Waals surface area contributed by atoms with Gasteiger partial charge >= 0.3 is 6.18 Å². The number of carbonyl (C=O) groups is 1. The van der Waals surface area contributed by atoms with Gasteiger partial charge in [-0.25, -0.2) is 8.42 Å². The van der Waals surface area contributed by atoms with Crippen molar-refractivity contribution >= 4 is 16.1 Å². The third-order valence-corrected chi connectivity index (χ3v) is 5.18. The van der Waals surface area contributed by atoms with Gasteiger partial charge in [-0.1, -0.05) is 6.07 Å². The molecule has 1 aliphatic rings. The third-order valence-electron chi connectivity index (χ3n) is 2.95. The van der Waals surface area contributed by atoms with Gasteiger partial charge in [0, 0.05) is 6.42 Å². The highest BCUT2D eigenvalue weighted by Crippen LogP contribution is 2.37. The molecule has 0 saturated carbocycles. The Labute approximate surface area is 102 Å². The second-order valence-electron chi connectivity index (χ2n) is 4.09. The molecule has 1 heterocycles. The van der Waals surface area contributed by atoms with Gasteiger partial charge in [-0.05, 0) is 24.1 Å². The fourth-order valence-electron chi connectivity index (χ4n) is 2.02. The lowest BCUT2D eigenvalue weighted by molar-refractivity contribution is -0.137. The molecule has 1 unspecified atom stereocenters. The molecule has 7 heteroatoms. The number of rotatable bonds is 2. The van der Waals surface area contributed by atoms with Crippen LogP contribution in [0.25, 0.3) is 0 Å². The topological polar surface area (TPSA) is 51.2 Å². The van der Waals surface area contributed by atoms with Crippen LogP contribution in [-0.4, -0.2) is 20.0 Å². The zero-order chi connectivity index (χ0) is 13.6. The molecule has 3 nitrogen and oxygen atoms in total. The first-order chi connectivity index (χ1) is 8.26. The largest absolute Gasteiger partial charge is 0.416 e. The molecule has 1 atom stereocenters. The van der Waals surface area contributed by atoms with Crippen molar-refractivity contribution in [2.24, 2.45) is 0 Å². The van der Waals surface area contributed by atoms with Gasteiger partial charge < -0.3 is 4.79 Å². The van der Waals surface area contributed by atoms with Crippen LogP contribution in [0.3, 0.4) is 0 Å². The number of alkyl halides is 3. The van der Waals surface area contributed by atoms with Crippen LogP contribution in [0.4, 0.5) is 13.2 Å². The van der Waals surface area contributed by atoms with E-state index in [1.165, 1.54) is 6.07 Å². The molecule has 0 saturated heterocycles. The number of aldehydes is 1. The first-order valence-corrected chi connectivity index (χ1v) is 6.69. The summed E-state index contributed by atoms with van der Waals surface area (Å²) in [4.78, 5) is 10.1. The molecule has 0 N–H and O–H groups in total. The van der Waals surface area contributed by atoms with Gasteiger partial charge in [0.15, 0.2) is 9.84 Å². The highest BCUT2D eigenvalue weighted by molar-refractivity contribution is 7.92. The molecule has 0 spiro atoms. The summed E-state index contributed by atoms with van der Waals surface area (Å²) < 4.78 is 61.4. The van der Waals surface area contributed by atoms with Crippen molar-refractivity contribution in [1.82, 2.24) is 0 Å². The summed E-state index contributed by atoms with van der Waals surface area (Å²) in [7, 11) is -3.82. The zero-order valence-corrected chi connectivity index (χ0v) is 9.88. The Morgan fingerprint density at radius 3 is 2.56 bits per heavy atom. The Bertz CT molecular complexity index is 590. The predicted molar refractivity (Wildman–Crippen MR) is 56.8 cm³/mol. The molecule has 18 heavy (non-hydrogen) atoms. The van der Waals surface area contributed by atoms with Gasteiger partial charge in [0.1, 0.15) is 6.29 Å². The summed E-state index contributed by atoms with van der Waals surface area (Å²) in [5, 5.41) is -0.937. The molecule has 1 aromatic rings. The molecule has 1 aliphatic heterocycles. The highest BCUT2D eigenvalue weighted by Gasteiger charge is 2.39. The summed E-state index contributed by atoms with van der Waals surface area (Å²) in [6, 6.07) is 2.67. The van der Waals surface area contributed by atoms with Crippen molar-refractivity contribution in [3.05, 3.63) is 29.3 Å². The Morgan fingerprint density at radius 2 is 2.00 bits per heavy atom. The minimum absolute atomic E-state index is 0.0918. The van der Waals surface area contributed by atoms with Crippen LogP contribution in [0, 0.1) is 0 Å². The molecular formula is C11H9F3O3S. The van der Waals surface area contributed by atoms with Crippen molar-refractivity contribution in [2.75, 3.05) is 0 Å². The summed E-state index contributed by atoms with van der Waals surface area (Å²) in [5.74, 6) is 0. The monoisotopic (exact) mass is 278 g/mol. The molecule has 0 radical (unpaired) electrons. The van der Waals surface area contributed by atoms with Crippen LogP contribution < -0.4 is 0 Å².